The number of carbonyl (C=O) groups is 3. The Kier molecular flexibility index (Phi) is 7.11. The van der Waals surface area contributed by atoms with Crippen LogP contribution in [-0.2, 0) is 44.7 Å². The maximum Gasteiger partial charge on any atom is 0.303 e. The molecule has 0 spiro atoms. The molecule has 1 aromatic rings. The predicted octanol–water partition coefficient (Wildman–Crippen LogP) is 1.35. The Balaban J connectivity index is 2.13. The van der Waals surface area contributed by atoms with Crippen LogP contribution in [0.2, 0.25) is 0 Å². The summed E-state index contributed by atoms with van der Waals surface area (Å²) in [5, 5.41) is 0. The second-order valence-electron chi connectivity index (χ2n) is 5.79. The molecule has 26 heavy (non-hydrogen) atoms. The molecule has 8 heteroatoms. The van der Waals surface area contributed by atoms with Crippen LogP contribution in [0.25, 0.3) is 0 Å². The van der Waals surface area contributed by atoms with E-state index >= 15 is 0 Å². The zero-order valence-electron chi connectivity index (χ0n) is 14.9. The third kappa shape index (κ3) is 5.82. The van der Waals surface area contributed by atoms with Gasteiger partial charge in [0, 0.05) is 20.8 Å². The highest BCUT2D eigenvalue weighted by molar-refractivity contribution is 5.67. The molecule has 0 aromatic heterocycles. The number of hydrogen-bond donors (Lipinski definition) is 0. The first-order valence-electron chi connectivity index (χ1n) is 8.15. The highest BCUT2D eigenvalue weighted by atomic mass is 16.7. The van der Waals surface area contributed by atoms with Gasteiger partial charge in [0.1, 0.15) is 12.7 Å². The lowest BCUT2D eigenvalue weighted by molar-refractivity contribution is -0.194. The maximum absolute atomic E-state index is 11.5. The molecule has 0 bridgehead atoms. The summed E-state index contributed by atoms with van der Waals surface area (Å²) < 4.78 is 26.9. The van der Waals surface area contributed by atoms with E-state index < -0.39 is 42.5 Å². The molecular weight excluding hydrogens is 344 g/mol. The summed E-state index contributed by atoms with van der Waals surface area (Å²) >= 11 is 0. The average Bonchev–Trinajstić information content (AvgIpc) is 2.88. The van der Waals surface area contributed by atoms with Gasteiger partial charge in [-0.15, -0.1) is 0 Å². The van der Waals surface area contributed by atoms with E-state index in [9.17, 15) is 14.4 Å². The predicted molar refractivity (Wildman–Crippen MR) is 87.6 cm³/mol. The van der Waals surface area contributed by atoms with Crippen molar-refractivity contribution in [2.45, 2.75) is 52.0 Å². The Morgan fingerprint density at radius 2 is 1.54 bits per heavy atom. The lowest BCUT2D eigenvalue weighted by Crippen LogP contribution is -2.41. The van der Waals surface area contributed by atoms with Crippen LogP contribution in [0.4, 0.5) is 0 Å². The van der Waals surface area contributed by atoms with Crippen molar-refractivity contribution >= 4 is 17.9 Å². The summed E-state index contributed by atoms with van der Waals surface area (Å²) in [6.07, 6.45) is -3.70. The Bertz CT molecular complexity index is 629. The monoisotopic (exact) mass is 366 g/mol. The Hall–Kier alpha value is -2.45. The van der Waals surface area contributed by atoms with Gasteiger partial charge in [0.2, 0.25) is 0 Å². The van der Waals surface area contributed by atoms with E-state index in [1.54, 1.807) is 0 Å². The van der Waals surface area contributed by atoms with Crippen LogP contribution < -0.4 is 0 Å². The number of hydrogen-bond acceptors (Lipinski definition) is 8. The lowest BCUT2D eigenvalue weighted by atomic mass is 10.1. The van der Waals surface area contributed by atoms with Crippen molar-refractivity contribution in [2.75, 3.05) is 6.61 Å². The fraction of sp³-hybridized carbons (Fsp3) is 0.500. The van der Waals surface area contributed by atoms with Crippen LogP contribution in [0.15, 0.2) is 30.3 Å². The van der Waals surface area contributed by atoms with Crippen LogP contribution in [0.3, 0.4) is 0 Å². The molecule has 0 radical (unpaired) electrons. The van der Waals surface area contributed by atoms with Gasteiger partial charge in [0.15, 0.2) is 18.5 Å². The minimum absolute atomic E-state index is 0.157. The quantitative estimate of drug-likeness (QED) is 0.527. The van der Waals surface area contributed by atoms with Crippen molar-refractivity contribution in [1.82, 2.24) is 0 Å². The van der Waals surface area contributed by atoms with Crippen LogP contribution in [0.5, 0.6) is 0 Å². The molecule has 2 rings (SSSR count). The number of carbonyl (C=O) groups excluding carboxylic acids is 3. The van der Waals surface area contributed by atoms with Crippen LogP contribution in [0, 0.1) is 0 Å². The third-order valence-corrected chi connectivity index (χ3v) is 3.58. The smallest absolute Gasteiger partial charge is 0.303 e. The van der Waals surface area contributed by atoms with Crippen LogP contribution in [-0.4, -0.2) is 49.1 Å². The van der Waals surface area contributed by atoms with Crippen molar-refractivity contribution in [3.8, 4) is 0 Å². The SMILES string of the molecule is CC(=O)OC[C@H]1OC(OCc2ccccc2)[C@H](OC(C)=O)[C@@H]1OC(C)=O. The molecule has 1 aromatic carbocycles. The number of ether oxygens (including phenoxy) is 5. The molecular formula is C18H22O8. The zero-order valence-corrected chi connectivity index (χ0v) is 14.9. The first-order valence-corrected chi connectivity index (χ1v) is 8.15. The van der Waals surface area contributed by atoms with E-state index in [2.05, 4.69) is 0 Å². The van der Waals surface area contributed by atoms with E-state index in [0.717, 1.165) is 5.56 Å². The van der Waals surface area contributed by atoms with Crippen LogP contribution >= 0.6 is 0 Å². The molecule has 1 aliphatic heterocycles. The van der Waals surface area contributed by atoms with E-state index in [4.69, 9.17) is 23.7 Å². The van der Waals surface area contributed by atoms with E-state index in [1.807, 2.05) is 30.3 Å². The number of esters is 3. The number of benzene rings is 1. The largest absolute Gasteiger partial charge is 0.463 e. The fourth-order valence-corrected chi connectivity index (χ4v) is 2.56. The van der Waals surface area contributed by atoms with Gasteiger partial charge in [-0.2, -0.15) is 0 Å². The van der Waals surface area contributed by atoms with Crippen molar-refractivity contribution in [2.24, 2.45) is 0 Å². The molecule has 0 aliphatic carbocycles. The topological polar surface area (TPSA) is 97.4 Å². The highest BCUT2D eigenvalue weighted by Gasteiger charge is 2.50. The minimum Gasteiger partial charge on any atom is -0.463 e. The Labute approximate surface area is 151 Å². The number of rotatable bonds is 7. The van der Waals surface area contributed by atoms with Gasteiger partial charge in [0.05, 0.1) is 6.61 Å². The first kappa shape index (κ1) is 19.9. The molecule has 0 amide bonds. The van der Waals surface area contributed by atoms with Crippen LogP contribution in [0.1, 0.15) is 26.3 Å². The molecule has 1 aliphatic rings. The minimum atomic E-state index is -0.972. The molecule has 142 valence electrons. The third-order valence-electron chi connectivity index (χ3n) is 3.58. The molecule has 8 nitrogen and oxygen atoms in total. The van der Waals surface area contributed by atoms with Gasteiger partial charge in [-0.25, -0.2) is 0 Å². The Morgan fingerprint density at radius 3 is 2.12 bits per heavy atom. The fourth-order valence-electron chi connectivity index (χ4n) is 2.56. The van der Waals surface area contributed by atoms with E-state index in [1.165, 1.54) is 20.8 Å². The molecule has 1 saturated heterocycles. The molecule has 1 heterocycles. The van der Waals surface area contributed by atoms with E-state index in [0.29, 0.717) is 0 Å². The summed E-state index contributed by atoms with van der Waals surface area (Å²) in [4.78, 5) is 34.0. The normalized spacial score (nSPS) is 24.7. The Morgan fingerprint density at radius 1 is 0.923 bits per heavy atom. The van der Waals surface area contributed by atoms with Gasteiger partial charge in [-0.3, -0.25) is 14.4 Å². The summed E-state index contributed by atoms with van der Waals surface area (Å²) in [5.74, 6) is -1.66. The summed E-state index contributed by atoms with van der Waals surface area (Å²) in [7, 11) is 0. The van der Waals surface area contributed by atoms with Crippen molar-refractivity contribution in [1.29, 1.82) is 0 Å². The van der Waals surface area contributed by atoms with Gasteiger partial charge < -0.3 is 23.7 Å². The zero-order chi connectivity index (χ0) is 19.1. The lowest BCUT2D eigenvalue weighted by Gasteiger charge is -2.23. The second kappa shape index (κ2) is 9.30. The maximum atomic E-state index is 11.5. The second-order valence-corrected chi connectivity index (χ2v) is 5.79. The van der Waals surface area contributed by atoms with Crippen molar-refractivity contribution in [3.63, 3.8) is 0 Å². The summed E-state index contributed by atoms with van der Waals surface area (Å²) in [6.45, 7) is 3.76. The van der Waals surface area contributed by atoms with E-state index in [-0.39, 0.29) is 13.2 Å². The molecule has 4 atom stereocenters. The first-order chi connectivity index (χ1) is 12.4. The molecule has 0 N–H and O–H groups in total. The van der Waals surface area contributed by atoms with Gasteiger partial charge in [-0.1, -0.05) is 30.3 Å². The van der Waals surface area contributed by atoms with Gasteiger partial charge in [0.25, 0.3) is 0 Å². The van der Waals surface area contributed by atoms with Gasteiger partial charge >= 0.3 is 17.9 Å². The standard InChI is InChI=1S/C18H22O8/c1-11(19)22-10-15-16(24-12(2)20)17(25-13(3)21)18(26-15)23-9-14-7-5-4-6-8-14/h4-8,15-18H,9-10H2,1-3H3/t15-,16-,17-,18?/m1/s1. The molecule has 1 fully saturated rings. The average molecular weight is 366 g/mol. The molecule has 0 saturated carbocycles. The summed E-state index contributed by atoms with van der Waals surface area (Å²) in [6, 6.07) is 9.35. The van der Waals surface area contributed by atoms with Crippen molar-refractivity contribution < 1.29 is 38.1 Å². The van der Waals surface area contributed by atoms with Crippen molar-refractivity contribution in [3.05, 3.63) is 35.9 Å². The van der Waals surface area contributed by atoms with Gasteiger partial charge in [-0.05, 0) is 5.56 Å². The highest BCUT2D eigenvalue weighted by Crippen LogP contribution is 2.29. The molecule has 1 unspecified atom stereocenters. The summed E-state index contributed by atoms with van der Waals surface area (Å²) in [5.41, 5.74) is 0.894.